The summed E-state index contributed by atoms with van der Waals surface area (Å²) in [7, 11) is 0. The number of hydrogen-bond donors (Lipinski definition) is 1. The first-order valence-electron chi connectivity index (χ1n) is 6.75. The van der Waals surface area contributed by atoms with Crippen molar-refractivity contribution in [2.75, 3.05) is 0 Å². The number of fused-ring (bicyclic) bond motifs is 1. The molecule has 1 N–H and O–H groups in total. The Balaban J connectivity index is 1.67. The van der Waals surface area contributed by atoms with Crippen molar-refractivity contribution in [1.29, 1.82) is 0 Å². The zero-order valence-electron chi connectivity index (χ0n) is 11.1. The van der Waals surface area contributed by atoms with Crippen LogP contribution in [0.5, 0.6) is 0 Å². The monoisotopic (exact) mass is 268 g/mol. The number of amides is 1. The van der Waals surface area contributed by atoms with Crippen LogP contribution in [0.1, 0.15) is 34.1 Å². The van der Waals surface area contributed by atoms with Gasteiger partial charge in [0.05, 0.1) is 11.7 Å². The Kier molecular flexibility index (Phi) is 3.37. The maximum atomic E-state index is 12.1. The van der Waals surface area contributed by atoms with E-state index in [0.29, 0.717) is 5.69 Å². The molecule has 1 aromatic heterocycles. The number of aldehydes is 1. The van der Waals surface area contributed by atoms with E-state index in [2.05, 4.69) is 17.4 Å². The summed E-state index contributed by atoms with van der Waals surface area (Å²) in [5, 5.41) is 3.05. The number of hydrogen-bond acceptors (Lipinski definition) is 2. The minimum atomic E-state index is -0.0639. The Bertz CT molecular complexity index is 645. The van der Waals surface area contributed by atoms with Gasteiger partial charge in [0.15, 0.2) is 6.29 Å². The van der Waals surface area contributed by atoms with Crippen molar-refractivity contribution in [2.45, 2.75) is 25.4 Å². The topological polar surface area (TPSA) is 51.1 Å². The third kappa shape index (κ3) is 2.37. The second-order valence-corrected chi connectivity index (χ2v) is 5.04. The lowest BCUT2D eigenvalue weighted by Crippen LogP contribution is -2.30. The van der Waals surface area contributed by atoms with Crippen molar-refractivity contribution < 1.29 is 9.59 Å². The van der Waals surface area contributed by atoms with Crippen LogP contribution >= 0.6 is 0 Å². The van der Waals surface area contributed by atoms with Crippen molar-refractivity contribution >= 4 is 12.2 Å². The Labute approximate surface area is 117 Å². The highest BCUT2D eigenvalue weighted by molar-refractivity contribution is 5.79. The van der Waals surface area contributed by atoms with E-state index in [9.17, 15) is 9.59 Å². The van der Waals surface area contributed by atoms with Crippen LogP contribution in [0.25, 0.3) is 0 Å². The molecule has 4 nitrogen and oxygen atoms in total. The Hall–Kier alpha value is -2.36. The van der Waals surface area contributed by atoms with E-state index in [0.717, 1.165) is 19.1 Å². The molecule has 1 aromatic carbocycles. The molecule has 102 valence electrons. The first-order valence-corrected chi connectivity index (χ1v) is 6.75. The van der Waals surface area contributed by atoms with Gasteiger partial charge >= 0.3 is 0 Å². The largest absolute Gasteiger partial charge is 0.348 e. The van der Waals surface area contributed by atoms with Crippen molar-refractivity contribution in [1.82, 2.24) is 9.88 Å². The molecule has 3 rings (SSSR count). The summed E-state index contributed by atoms with van der Waals surface area (Å²) < 4.78 is 1.66. The van der Waals surface area contributed by atoms with Crippen molar-refractivity contribution in [3.05, 3.63) is 59.4 Å². The second-order valence-electron chi connectivity index (χ2n) is 5.04. The Morgan fingerprint density at radius 3 is 3.00 bits per heavy atom. The highest BCUT2D eigenvalue weighted by atomic mass is 16.2. The number of aryl methyl sites for hydroxylation is 1. The van der Waals surface area contributed by atoms with Crippen LogP contribution in [-0.4, -0.2) is 16.8 Å². The van der Waals surface area contributed by atoms with E-state index >= 15 is 0 Å². The number of nitrogens with zero attached hydrogens (tertiary/aromatic N) is 1. The molecular weight excluding hydrogens is 252 g/mol. The second kappa shape index (κ2) is 5.33. The molecule has 0 saturated heterocycles. The lowest BCUT2D eigenvalue weighted by atomic mass is 10.1. The van der Waals surface area contributed by atoms with Gasteiger partial charge < -0.3 is 9.88 Å². The predicted molar refractivity (Wildman–Crippen MR) is 75.5 cm³/mol. The molecule has 0 aliphatic heterocycles. The molecule has 0 unspecified atom stereocenters. The van der Waals surface area contributed by atoms with E-state index in [1.807, 2.05) is 12.1 Å². The van der Waals surface area contributed by atoms with Crippen LogP contribution in [0.2, 0.25) is 0 Å². The number of carbonyl (C=O) groups excluding carboxylic acids is 2. The average molecular weight is 268 g/mol. The van der Waals surface area contributed by atoms with Gasteiger partial charge in [-0.15, -0.1) is 0 Å². The maximum Gasteiger partial charge on any atom is 0.240 e. The normalized spacial score (nSPS) is 16.7. The van der Waals surface area contributed by atoms with E-state index < -0.39 is 0 Å². The predicted octanol–water partition coefficient (Wildman–Crippen LogP) is 2.10. The third-order valence-electron chi connectivity index (χ3n) is 3.77. The number of carbonyl (C=O) groups is 2. The summed E-state index contributed by atoms with van der Waals surface area (Å²) in [5.74, 6) is -0.0639. The van der Waals surface area contributed by atoms with Crippen LogP contribution in [0, 0.1) is 0 Å². The van der Waals surface area contributed by atoms with Gasteiger partial charge in [-0.1, -0.05) is 24.3 Å². The maximum absolute atomic E-state index is 12.1. The average Bonchev–Trinajstić information content (AvgIpc) is 3.06. The number of nitrogens with one attached hydrogen (secondary N) is 1. The molecule has 0 spiro atoms. The summed E-state index contributed by atoms with van der Waals surface area (Å²) in [4.78, 5) is 22.9. The highest BCUT2D eigenvalue weighted by Crippen LogP contribution is 2.30. The molecule has 0 bridgehead atoms. The van der Waals surface area contributed by atoms with E-state index in [4.69, 9.17) is 0 Å². The zero-order chi connectivity index (χ0) is 13.9. The minimum Gasteiger partial charge on any atom is -0.348 e. The Morgan fingerprint density at radius 1 is 1.30 bits per heavy atom. The lowest BCUT2D eigenvalue weighted by molar-refractivity contribution is -0.122. The van der Waals surface area contributed by atoms with Crippen molar-refractivity contribution in [3.63, 3.8) is 0 Å². The quantitative estimate of drug-likeness (QED) is 0.863. The molecule has 1 amide bonds. The molecule has 0 fully saturated rings. The van der Waals surface area contributed by atoms with Gasteiger partial charge in [0.2, 0.25) is 5.91 Å². The number of aromatic nitrogens is 1. The Morgan fingerprint density at radius 2 is 2.15 bits per heavy atom. The van der Waals surface area contributed by atoms with Gasteiger partial charge in [-0.3, -0.25) is 9.59 Å². The molecule has 1 heterocycles. The van der Waals surface area contributed by atoms with Crippen molar-refractivity contribution in [3.8, 4) is 0 Å². The molecule has 0 radical (unpaired) electrons. The standard InChI is InChI=1S/C16H16N2O2/c19-11-13-5-3-9-18(13)10-16(20)17-15-8-7-12-4-1-2-6-14(12)15/h1-6,9,11,15H,7-8,10H2,(H,17,20)/t15-/m0/s1. The van der Waals surface area contributed by atoms with E-state index in [1.165, 1.54) is 11.1 Å². The van der Waals surface area contributed by atoms with Crippen LogP contribution in [0.4, 0.5) is 0 Å². The molecule has 1 atom stereocenters. The van der Waals surface area contributed by atoms with Gasteiger partial charge in [-0.2, -0.15) is 0 Å². The molecule has 2 aromatic rings. The van der Waals surface area contributed by atoms with Crippen LogP contribution in [0.3, 0.4) is 0 Å². The summed E-state index contributed by atoms with van der Waals surface area (Å²) in [6.45, 7) is 0.180. The van der Waals surface area contributed by atoms with Gasteiger partial charge in [0.25, 0.3) is 0 Å². The molecule has 1 aliphatic rings. The summed E-state index contributed by atoms with van der Waals surface area (Å²) in [5.41, 5.74) is 3.04. The number of benzene rings is 1. The smallest absolute Gasteiger partial charge is 0.240 e. The molecule has 1 aliphatic carbocycles. The molecule has 20 heavy (non-hydrogen) atoms. The molecular formula is C16H16N2O2. The fourth-order valence-electron chi connectivity index (χ4n) is 2.78. The lowest BCUT2D eigenvalue weighted by Gasteiger charge is -2.14. The van der Waals surface area contributed by atoms with Crippen LogP contribution in [0.15, 0.2) is 42.6 Å². The molecule has 0 saturated carbocycles. The summed E-state index contributed by atoms with van der Waals surface area (Å²) >= 11 is 0. The van der Waals surface area contributed by atoms with Gasteiger partial charge in [-0.25, -0.2) is 0 Å². The highest BCUT2D eigenvalue weighted by Gasteiger charge is 2.23. The third-order valence-corrected chi connectivity index (χ3v) is 3.77. The van der Waals surface area contributed by atoms with Gasteiger partial charge in [0, 0.05) is 6.20 Å². The fourth-order valence-corrected chi connectivity index (χ4v) is 2.78. The van der Waals surface area contributed by atoms with Crippen LogP contribution in [-0.2, 0) is 17.8 Å². The van der Waals surface area contributed by atoms with E-state index in [1.54, 1.807) is 22.9 Å². The number of rotatable bonds is 4. The van der Waals surface area contributed by atoms with E-state index in [-0.39, 0.29) is 18.5 Å². The minimum absolute atomic E-state index is 0.0639. The summed E-state index contributed by atoms with van der Waals surface area (Å²) in [6, 6.07) is 11.8. The van der Waals surface area contributed by atoms with Crippen molar-refractivity contribution in [2.24, 2.45) is 0 Å². The summed E-state index contributed by atoms with van der Waals surface area (Å²) in [6.07, 6.45) is 4.45. The molecule has 4 heteroatoms. The van der Waals surface area contributed by atoms with Gasteiger partial charge in [-0.05, 0) is 36.1 Å². The van der Waals surface area contributed by atoms with Gasteiger partial charge in [0.1, 0.15) is 6.54 Å². The fraction of sp³-hybridized carbons (Fsp3) is 0.250. The first-order chi connectivity index (χ1) is 9.78. The SMILES string of the molecule is O=Cc1cccn1CC(=O)N[C@H]1CCc2ccccc21. The van der Waals surface area contributed by atoms with Crippen LogP contribution < -0.4 is 5.32 Å². The first kappa shape index (κ1) is 12.7. The zero-order valence-corrected chi connectivity index (χ0v) is 11.1.